The zero-order valence-electron chi connectivity index (χ0n) is 12.0. The van der Waals surface area contributed by atoms with Crippen LogP contribution < -0.4 is 5.32 Å². The lowest BCUT2D eigenvalue weighted by Gasteiger charge is -2.18. The van der Waals surface area contributed by atoms with Gasteiger partial charge in [-0.1, -0.05) is 18.2 Å². The molecule has 2 aromatic carbocycles. The highest BCUT2D eigenvalue weighted by Gasteiger charge is 2.17. The zero-order chi connectivity index (χ0) is 14.8. The van der Waals surface area contributed by atoms with E-state index < -0.39 is 0 Å². The van der Waals surface area contributed by atoms with Crippen molar-refractivity contribution in [1.29, 1.82) is 0 Å². The van der Waals surface area contributed by atoms with E-state index in [9.17, 15) is 9.90 Å². The average Bonchev–Trinajstić information content (AvgIpc) is 2.96. The number of hydrogen-bond acceptors (Lipinski definition) is 3. The summed E-state index contributed by atoms with van der Waals surface area (Å²) in [7, 11) is 1.75. The summed E-state index contributed by atoms with van der Waals surface area (Å²) in [5.74, 6) is 0.184. The van der Waals surface area contributed by atoms with E-state index in [0.29, 0.717) is 12.1 Å². The molecule has 0 saturated heterocycles. The average molecular weight is 282 g/mol. The van der Waals surface area contributed by atoms with Crippen molar-refractivity contribution in [1.82, 2.24) is 4.90 Å². The number of carbonyl (C=O) groups excluding carboxylic acids is 1. The summed E-state index contributed by atoms with van der Waals surface area (Å²) in [6.45, 7) is 1.32. The first kappa shape index (κ1) is 13.5. The highest BCUT2D eigenvalue weighted by Crippen LogP contribution is 2.24. The van der Waals surface area contributed by atoms with Gasteiger partial charge in [0.05, 0.1) is 0 Å². The maximum absolute atomic E-state index is 12.5. The van der Waals surface area contributed by atoms with Gasteiger partial charge in [-0.25, -0.2) is 0 Å². The Morgan fingerprint density at radius 3 is 2.90 bits per heavy atom. The number of fused-ring (bicyclic) bond motifs is 1. The Bertz CT molecular complexity index is 682. The first-order valence-electron chi connectivity index (χ1n) is 7.04. The number of rotatable bonds is 3. The molecule has 0 saturated carbocycles. The van der Waals surface area contributed by atoms with Crippen molar-refractivity contribution in [2.24, 2.45) is 0 Å². The zero-order valence-corrected chi connectivity index (χ0v) is 12.0. The van der Waals surface area contributed by atoms with E-state index in [1.807, 2.05) is 30.3 Å². The van der Waals surface area contributed by atoms with E-state index in [4.69, 9.17) is 0 Å². The molecule has 0 unspecified atom stereocenters. The smallest absolute Gasteiger partial charge is 0.253 e. The molecule has 4 nitrogen and oxygen atoms in total. The fourth-order valence-electron chi connectivity index (χ4n) is 2.63. The van der Waals surface area contributed by atoms with Crippen molar-refractivity contribution >= 4 is 11.6 Å². The van der Waals surface area contributed by atoms with Gasteiger partial charge >= 0.3 is 0 Å². The topological polar surface area (TPSA) is 52.6 Å². The fraction of sp³-hybridized carbons (Fsp3) is 0.235. The van der Waals surface area contributed by atoms with Crippen molar-refractivity contribution in [3.8, 4) is 5.75 Å². The molecule has 2 N–H and O–H groups in total. The molecule has 0 bridgehead atoms. The summed E-state index contributed by atoms with van der Waals surface area (Å²) in [6.07, 6.45) is 0.958. The van der Waals surface area contributed by atoms with Crippen molar-refractivity contribution in [2.45, 2.75) is 13.0 Å². The van der Waals surface area contributed by atoms with Crippen LogP contribution in [0.1, 0.15) is 21.5 Å². The summed E-state index contributed by atoms with van der Waals surface area (Å²) in [5.41, 5.74) is 3.75. The van der Waals surface area contributed by atoms with Crippen LogP contribution in [-0.2, 0) is 13.0 Å². The van der Waals surface area contributed by atoms with Gasteiger partial charge in [-0.2, -0.15) is 0 Å². The number of anilines is 1. The van der Waals surface area contributed by atoms with Gasteiger partial charge in [0, 0.05) is 37.0 Å². The normalized spacial score (nSPS) is 12.6. The number of benzene rings is 2. The number of amides is 1. The van der Waals surface area contributed by atoms with Gasteiger partial charge in [-0.3, -0.25) is 4.79 Å². The first-order chi connectivity index (χ1) is 10.1. The van der Waals surface area contributed by atoms with Crippen LogP contribution in [0.25, 0.3) is 0 Å². The van der Waals surface area contributed by atoms with Crippen LogP contribution >= 0.6 is 0 Å². The number of aromatic hydroxyl groups is 1. The quantitative estimate of drug-likeness (QED) is 0.910. The van der Waals surface area contributed by atoms with Gasteiger partial charge < -0.3 is 15.3 Å². The minimum atomic E-state index is -0.0343. The Balaban J connectivity index is 1.77. The SMILES string of the molecule is CN(Cc1ccccc1O)C(=O)c1ccc2c(c1)CCN2. The van der Waals surface area contributed by atoms with Crippen LogP contribution in [0.2, 0.25) is 0 Å². The minimum Gasteiger partial charge on any atom is -0.508 e. The number of hydrogen-bond donors (Lipinski definition) is 2. The van der Waals surface area contributed by atoms with Gasteiger partial charge in [0.25, 0.3) is 5.91 Å². The Morgan fingerprint density at radius 2 is 2.10 bits per heavy atom. The highest BCUT2D eigenvalue weighted by molar-refractivity contribution is 5.95. The standard InChI is InChI=1S/C17H18N2O2/c1-19(11-14-4-2-3-5-16(14)20)17(21)13-6-7-15-12(10-13)8-9-18-15/h2-7,10,18,20H,8-9,11H2,1H3. The molecule has 0 aromatic heterocycles. The van der Waals surface area contributed by atoms with E-state index >= 15 is 0 Å². The molecule has 1 aliphatic heterocycles. The Labute approximate surface area is 124 Å². The van der Waals surface area contributed by atoms with Crippen LogP contribution in [0.3, 0.4) is 0 Å². The summed E-state index contributed by atoms with van der Waals surface area (Å²) in [5, 5.41) is 13.1. The second-order valence-electron chi connectivity index (χ2n) is 5.34. The maximum atomic E-state index is 12.5. The van der Waals surface area contributed by atoms with Gasteiger partial charge in [0.2, 0.25) is 0 Å². The third-order valence-electron chi connectivity index (χ3n) is 3.81. The molecule has 4 heteroatoms. The number of nitrogens with one attached hydrogen (secondary N) is 1. The third-order valence-corrected chi connectivity index (χ3v) is 3.81. The van der Waals surface area contributed by atoms with Crippen molar-refractivity contribution in [3.05, 3.63) is 59.2 Å². The lowest BCUT2D eigenvalue weighted by Crippen LogP contribution is -2.26. The molecule has 108 valence electrons. The molecule has 0 spiro atoms. The van der Waals surface area contributed by atoms with Crippen molar-refractivity contribution < 1.29 is 9.90 Å². The fourth-order valence-corrected chi connectivity index (χ4v) is 2.63. The van der Waals surface area contributed by atoms with Gasteiger partial charge in [-0.15, -0.1) is 0 Å². The second kappa shape index (κ2) is 5.48. The predicted molar refractivity (Wildman–Crippen MR) is 82.5 cm³/mol. The van der Waals surface area contributed by atoms with Crippen LogP contribution in [-0.4, -0.2) is 29.5 Å². The summed E-state index contributed by atoms with van der Waals surface area (Å²) < 4.78 is 0. The van der Waals surface area contributed by atoms with E-state index in [-0.39, 0.29) is 11.7 Å². The summed E-state index contributed by atoms with van der Waals surface area (Å²) >= 11 is 0. The van der Waals surface area contributed by atoms with Crippen LogP contribution in [0.5, 0.6) is 5.75 Å². The molecule has 1 heterocycles. The molecule has 0 radical (unpaired) electrons. The predicted octanol–water partition coefficient (Wildman–Crippen LogP) is 2.63. The number of nitrogens with zero attached hydrogens (tertiary/aromatic N) is 1. The number of phenolic OH excluding ortho intramolecular Hbond substituents is 1. The Morgan fingerprint density at radius 1 is 1.29 bits per heavy atom. The third kappa shape index (κ3) is 2.70. The lowest BCUT2D eigenvalue weighted by atomic mass is 10.1. The number of para-hydroxylation sites is 1. The van der Waals surface area contributed by atoms with Gasteiger partial charge in [0.1, 0.15) is 5.75 Å². The first-order valence-corrected chi connectivity index (χ1v) is 7.04. The molecule has 0 fully saturated rings. The largest absolute Gasteiger partial charge is 0.508 e. The maximum Gasteiger partial charge on any atom is 0.253 e. The number of phenols is 1. The van der Waals surface area contributed by atoms with E-state index in [1.165, 1.54) is 5.56 Å². The minimum absolute atomic E-state index is 0.0343. The van der Waals surface area contributed by atoms with Gasteiger partial charge in [0.15, 0.2) is 0 Å². The van der Waals surface area contributed by atoms with E-state index in [2.05, 4.69) is 5.32 Å². The van der Waals surface area contributed by atoms with Crippen molar-refractivity contribution in [3.63, 3.8) is 0 Å². The molecule has 21 heavy (non-hydrogen) atoms. The van der Waals surface area contributed by atoms with Gasteiger partial charge in [-0.05, 0) is 36.2 Å². The van der Waals surface area contributed by atoms with Crippen LogP contribution in [0, 0.1) is 0 Å². The molecular weight excluding hydrogens is 264 g/mol. The van der Waals surface area contributed by atoms with E-state index in [1.54, 1.807) is 24.1 Å². The van der Waals surface area contributed by atoms with E-state index in [0.717, 1.165) is 24.2 Å². The molecule has 2 aromatic rings. The molecule has 0 aliphatic carbocycles. The molecule has 1 aliphatic rings. The monoisotopic (exact) mass is 282 g/mol. The molecule has 0 atom stereocenters. The summed E-state index contributed by atoms with van der Waals surface area (Å²) in [6, 6.07) is 12.9. The summed E-state index contributed by atoms with van der Waals surface area (Å²) in [4.78, 5) is 14.1. The Hall–Kier alpha value is -2.49. The highest BCUT2D eigenvalue weighted by atomic mass is 16.3. The van der Waals surface area contributed by atoms with Crippen molar-refractivity contribution in [2.75, 3.05) is 18.9 Å². The van der Waals surface area contributed by atoms with Crippen LogP contribution in [0.15, 0.2) is 42.5 Å². The van der Waals surface area contributed by atoms with Crippen LogP contribution in [0.4, 0.5) is 5.69 Å². The lowest BCUT2D eigenvalue weighted by molar-refractivity contribution is 0.0784. The second-order valence-corrected chi connectivity index (χ2v) is 5.34. The number of carbonyl (C=O) groups is 1. The molecule has 3 rings (SSSR count). The Kier molecular flexibility index (Phi) is 3.52. The molecule has 1 amide bonds. The molecular formula is C17H18N2O2.